The Labute approximate surface area is 103 Å². The Balaban J connectivity index is 2.03. The number of nitrogens with zero attached hydrogens (tertiary/aromatic N) is 1. The summed E-state index contributed by atoms with van der Waals surface area (Å²) in [6, 6.07) is -0.285. The maximum absolute atomic E-state index is 11.1. The number of methoxy groups -OCH3 is 1. The van der Waals surface area contributed by atoms with Crippen molar-refractivity contribution in [1.82, 2.24) is 4.31 Å². The Bertz CT molecular complexity index is 252. The normalized spacial score (nSPS) is 24.2. The molecule has 100 valence electrons. The molecule has 0 radical (unpaired) electrons. The summed E-state index contributed by atoms with van der Waals surface area (Å²) in [7, 11) is 1.61. The molecule has 0 aliphatic carbocycles. The molecular formula is C9H17NO6S. The van der Waals surface area contributed by atoms with E-state index >= 15 is 0 Å². The highest BCUT2D eigenvalue weighted by molar-refractivity contribution is 7.78. The van der Waals surface area contributed by atoms with E-state index in [9.17, 15) is 9.00 Å². The number of amides is 1. The lowest BCUT2D eigenvalue weighted by Gasteiger charge is -2.15. The zero-order chi connectivity index (χ0) is 12.5. The average Bonchev–Trinajstić information content (AvgIpc) is 2.69. The molecule has 8 heteroatoms. The van der Waals surface area contributed by atoms with E-state index in [1.807, 2.05) is 0 Å². The Morgan fingerprint density at radius 3 is 2.76 bits per heavy atom. The van der Waals surface area contributed by atoms with Crippen molar-refractivity contribution in [3.05, 3.63) is 0 Å². The van der Waals surface area contributed by atoms with Crippen molar-refractivity contribution in [3.8, 4) is 0 Å². The van der Waals surface area contributed by atoms with Crippen LogP contribution < -0.4 is 0 Å². The first-order valence-corrected chi connectivity index (χ1v) is 6.26. The molecule has 0 aromatic heterocycles. The van der Waals surface area contributed by atoms with E-state index in [1.165, 1.54) is 0 Å². The third-order valence-electron chi connectivity index (χ3n) is 2.11. The van der Waals surface area contributed by atoms with Crippen LogP contribution in [-0.4, -0.2) is 67.7 Å². The van der Waals surface area contributed by atoms with Gasteiger partial charge in [0, 0.05) is 7.11 Å². The number of hydrogen-bond donors (Lipinski definition) is 0. The van der Waals surface area contributed by atoms with E-state index in [1.54, 1.807) is 7.11 Å². The third kappa shape index (κ3) is 5.09. The van der Waals surface area contributed by atoms with Crippen LogP contribution in [0.25, 0.3) is 0 Å². The van der Waals surface area contributed by atoms with Crippen LogP contribution in [0.2, 0.25) is 0 Å². The zero-order valence-corrected chi connectivity index (χ0v) is 10.5. The average molecular weight is 267 g/mol. The monoisotopic (exact) mass is 267 g/mol. The number of carbonyl (C=O) groups excluding carboxylic acids is 1. The molecule has 1 amide bonds. The van der Waals surface area contributed by atoms with Gasteiger partial charge < -0.3 is 14.2 Å². The lowest BCUT2D eigenvalue weighted by molar-refractivity contribution is -0.115. The molecule has 2 atom stereocenters. The van der Waals surface area contributed by atoms with Gasteiger partial charge in [-0.15, -0.1) is 0 Å². The topological polar surface area (TPSA) is 74.3 Å². The molecule has 2 unspecified atom stereocenters. The Morgan fingerprint density at radius 1 is 1.35 bits per heavy atom. The van der Waals surface area contributed by atoms with Gasteiger partial charge in [-0.3, -0.25) is 8.98 Å². The first-order chi connectivity index (χ1) is 8.29. The van der Waals surface area contributed by atoms with Crippen molar-refractivity contribution >= 4 is 17.7 Å². The summed E-state index contributed by atoms with van der Waals surface area (Å²) in [5, 5.41) is 0. The molecule has 0 saturated carbocycles. The van der Waals surface area contributed by atoms with Gasteiger partial charge in [-0.1, -0.05) is 0 Å². The van der Waals surface area contributed by atoms with Crippen LogP contribution in [0, 0.1) is 0 Å². The van der Waals surface area contributed by atoms with Gasteiger partial charge in [0.1, 0.15) is 0 Å². The van der Waals surface area contributed by atoms with Crippen LogP contribution in [0.4, 0.5) is 0 Å². The Kier molecular flexibility index (Phi) is 7.29. The highest BCUT2D eigenvalue weighted by Gasteiger charge is 2.31. The lowest BCUT2D eigenvalue weighted by Crippen LogP contribution is -2.34. The van der Waals surface area contributed by atoms with Crippen LogP contribution in [0.1, 0.15) is 0 Å². The largest absolute Gasteiger partial charge is 0.382 e. The maximum atomic E-state index is 11.1. The molecule has 1 fully saturated rings. The maximum Gasteiger partial charge on any atom is 0.267 e. The fraction of sp³-hybridized carbons (Fsp3) is 0.889. The van der Waals surface area contributed by atoms with Gasteiger partial charge >= 0.3 is 0 Å². The van der Waals surface area contributed by atoms with Gasteiger partial charge in [0.15, 0.2) is 0 Å². The van der Waals surface area contributed by atoms with Gasteiger partial charge in [-0.2, -0.15) is 0 Å². The SMILES string of the molecule is COCCOCCOCC1COS(=O)N1C=O. The molecule has 1 aliphatic heterocycles. The van der Waals surface area contributed by atoms with Crippen LogP contribution >= 0.6 is 0 Å². The predicted molar refractivity (Wildman–Crippen MR) is 59.3 cm³/mol. The molecule has 0 aromatic carbocycles. The van der Waals surface area contributed by atoms with Crippen molar-refractivity contribution in [2.75, 3.05) is 46.8 Å². The smallest absolute Gasteiger partial charge is 0.267 e. The first kappa shape index (κ1) is 14.5. The van der Waals surface area contributed by atoms with Crippen LogP contribution in [0.5, 0.6) is 0 Å². The van der Waals surface area contributed by atoms with Crippen LogP contribution in [0.3, 0.4) is 0 Å². The van der Waals surface area contributed by atoms with Gasteiger partial charge in [0.25, 0.3) is 11.3 Å². The zero-order valence-electron chi connectivity index (χ0n) is 9.70. The van der Waals surface area contributed by atoms with Gasteiger partial charge in [-0.25, -0.2) is 8.51 Å². The first-order valence-electron chi connectivity index (χ1n) is 5.22. The van der Waals surface area contributed by atoms with Crippen molar-refractivity contribution in [2.45, 2.75) is 6.04 Å². The number of rotatable bonds is 9. The highest BCUT2D eigenvalue weighted by atomic mass is 32.2. The number of hydrogen-bond acceptors (Lipinski definition) is 6. The highest BCUT2D eigenvalue weighted by Crippen LogP contribution is 2.12. The minimum absolute atomic E-state index is 0.232. The Morgan fingerprint density at radius 2 is 2.06 bits per heavy atom. The molecule has 7 nitrogen and oxygen atoms in total. The fourth-order valence-electron chi connectivity index (χ4n) is 1.22. The van der Waals surface area contributed by atoms with Crippen LogP contribution in [-0.2, 0) is 34.5 Å². The van der Waals surface area contributed by atoms with Crippen molar-refractivity contribution in [3.63, 3.8) is 0 Å². The molecular weight excluding hydrogens is 250 g/mol. The molecule has 0 aromatic rings. The summed E-state index contributed by atoms with van der Waals surface area (Å²) in [5.41, 5.74) is 0. The second-order valence-electron chi connectivity index (χ2n) is 3.30. The van der Waals surface area contributed by atoms with E-state index in [0.29, 0.717) is 32.8 Å². The van der Waals surface area contributed by atoms with E-state index < -0.39 is 11.3 Å². The molecule has 17 heavy (non-hydrogen) atoms. The third-order valence-corrected chi connectivity index (χ3v) is 3.18. The van der Waals surface area contributed by atoms with E-state index in [0.717, 1.165) is 4.31 Å². The summed E-state index contributed by atoms with van der Waals surface area (Å²) < 4.78 is 32.3. The van der Waals surface area contributed by atoms with Gasteiger partial charge in [-0.05, 0) is 0 Å². The van der Waals surface area contributed by atoms with Crippen molar-refractivity contribution in [1.29, 1.82) is 0 Å². The molecule has 0 spiro atoms. The van der Waals surface area contributed by atoms with Crippen molar-refractivity contribution < 1.29 is 27.4 Å². The molecule has 1 aliphatic rings. The van der Waals surface area contributed by atoms with Gasteiger partial charge in [0.2, 0.25) is 6.41 Å². The van der Waals surface area contributed by atoms with Gasteiger partial charge in [0.05, 0.1) is 45.7 Å². The summed E-state index contributed by atoms with van der Waals surface area (Å²) in [6.07, 6.45) is 0.506. The quantitative estimate of drug-likeness (QED) is 0.398. The minimum atomic E-state index is -1.66. The number of carbonyl (C=O) groups is 1. The summed E-state index contributed by atoms with van der Waals surface area (Å²) in [4.78, 5) is 10.6. The molecule has 1 heterocycles. The molecule has 1 saturated heterocycles. The predicted octanol–water partition coefficient (Wildman–Crippen LogP) is -0.898. The van der Waals surface area contributed by atoms with Crippen LogP contribution in [0.15, 0.2) is 0 Å². The lowest BCUT2D eigenvalue weighted by atomic mass is 10.3. The van der Waals surface area contributed by atoms with E-state index in [4.69, 9.17) is 18.4 Å². The van der Waals surface area contributed by atoms with E-state index in [-0.39, 0.29) is 19.3 Å². The summed E-state index contributed by atoms with van der Waals surface area (Å²) in [6.45, 7) is 2.47. The summed E-state index contributed by atoms with van der Waals surface area (Å²) in [5.74, 6) is 0. The van der Waals surface area contributed by atoms with Crippen molar-refractivity contribution in [2.24, 2.45) is 0 Å². The molecule has 1 rings (SSSR count). The second-order valence-corrected chi connectivity index (χ2v) is 4.39. The fourth-order valence-corrected chi connectivity index (χ4v) is 2.05. The molecule has 0 bridgehead atoms. The second kappa shape index (κ2) is 8.54. The van der Waals surface area contributed by atoms with E-state index in [2.05, 4.69) is 0 Å². The Hall–Kier alpha value is -0.540. The molecule has 0 N–H and O–H groups in total. The summed E-state index contributed by atoms with van der Waals surface area (Å²) >= 11 is -1.66. The minimum Gasteiger partial charge on any atom is -0.382 e. The standard InChI is InChI=1S/C9H17NO6S/c1-13-2-3-14-4-5-15-6-9-7-16-17(12)10(9)8-11/h8-9H,2-7H2,1H3. The number of ether oxygens (including phenoxy) is 3.